The van der Waals surface area contributed by atoms with Crippen LogP contribution in [0, 0.1) is 16.0 Å². The smallest absolute Gasteiger partial charge is 0.336 e. The fourth-order valence-electron chi connectivity index (χ4n) is 3.52. The zero-order valence-corrected chi connectivity index (χ0v) is 17.4. The molecular formula is C20H24N2O8. The first-order valence-corrected chi connectivity index (χ1v) is 9.15. The lowest BCUT2D eigenvalue weighted by molar-refractivity contribution is -0.385. The fourth-order valence-corrected chi connectivity index (χ4v) is 3.52. The van der Waals surface area contributed by atoms with Crippen molar-refractivity contribution in [3.63, 3.8) is 0 Å². The Kier molecular flexibility index (Phi) is 7.79. The van der Waals surface area contributed by atoms with E-state index in [1.807, 2.05) is 0 Å². The summed E-state index contributed by atoms with van der Waals surface area (Å²) in [4.78, 5) is 41.2. The minimum absolute atomic E-state index is 0.0656. The molecule has 10 heteroatoms. The summed E-state index contributed by atoms with van der Waals surface area (Å²) >= 11 is 0. The van der Waals surface area contributed by atoms with Crippen molar-refractivity contribution in [2.24, 2.45) is 10.9 Å². The van der Waals surface area contributed by atoms with Crippen LogP contribution >= 0.6 is 0 Å². The van der Waals surface area contributed by atoms with E-state index in [1.54, 1.807) is 19.9 Å². The van der Waals surface area contributed by atoms with Crippen molar-refractivity contribution in [3.8, 4) is 0 Å². The number of benzene rings is 1. The van der Waals surface area contributed by atoms with Crippen molar-refractivity contribution >= 4 is 23.3 Å². The standard InChI is InChI=1S/C20H24N2O8/c1-6-30-19(24)14-11(2)21-17(20(28-4)29-5)16(18(23)27-3)15(14)12-9-7-8-10-13(12)22(25)26/h7-10,14-15,20H,6H2,1-5H3. The molecule has 0 amide bonds. The molecule has 1 heterocycles. The summed E-state index contributed by atoms with van der Waals surface area (Å²) in [7, 11) is 3.89. The number of nitrogens with zero attached hydrogens (tertiary/aromatic N) is 2. The quantitative estimate of drug-likeness (QED) is 0.271. The molecule has 0 radical (unpaired) electrons. The summed E-state index contributed by atoms with van der Waals surface area (Å²) in [5, 5.41) is 11.7. The van der Waals surface area contributed by atoms with Gasteiger partial charge in [-0.1, -0.05) is 18.2 Å². The Morgan fingerprint density at radius 3 is 2.37 bits per heavy atom. The van der Waals surface area contributed by atoms with Crippen LogP contribution in [0.2, 0.25) is 0 Å². The molecule has 0 fully saturated rings. The molecule has 1 aliphatic heterocycles. The van der Waals surface area contributed by atoms with Crippen LogP contribution < -0.4 is 0 Å². The summed E-state index contributed by atoms with van der Waals surface area (Å²) < 4.78 is 20.7. The Morgan fingerprint density at radius 2 is 1.83 bits per heavy atom. The van der Waals surface area contributed by atoms with Crippen molar-refractivity contribution in [3.05, 3.63) is 51.2 Å². The van der Waals surface area contributed by atoms with Crippen LogP contribution in [0.3, 0.4) is 0 Å². The number of para-hydroxylation sites is 1. The number of aliphatic imine (C=N–C) groups is 1. The van der Waals surface area contributed by atoms with Gasteiger partial charge < -0.3 is 18.9 Å². The number of ether oxygens (including phenoxy) is 4. The highest BCUT2D eigenvalue weighted by molar-refractivity contribution is 6.07. The minimum Gasteiger partial charge on any atom is -0.466 e. The Bertz CT molecular complexity index is 889. The van der Waals surface area contributed by atoms with Crippen LogP contribution in [0.4, 0.5) is 5.69 Å². The van der Waals surface area contributed by atoms with Crippen molar-refractivity contribution in [1.82, 2.24) is 0 Å². The van der Waals surface area contributed by atoms with Gasteiger partial charge in [0.1, 0.15) is 11.6 Å². The van der Waals surface area contributed by atoms with E-state index in [0.717, 1.165) is 0 Å². The van der Waals surface area contributed by atoms with E-state index in [9.17, 15) is 19.7 Å². The highest BCUT2D eigenvalue weighted by Crippen LogP contribution is 2.44. The van der Waals surface area contributed by atoms with Crippen LogP contribution in [-0.2, 0) is 28.5 Å². The summed E-state index contributed by atoms with van der Waals surface area (Å²) in [5.41, 5.74) is 0.216. The molecule has 30 heavy (non-hydrogen) atoms. The third kappa shape index (κ3) is 4.39. The topological polar surface area (TPSA) is 127 Å². The normalized spacial score (nSPS) is 18.8. The Morgan fingerprint density at radius 1 is 1.20 bits per heavy atom. The van der Waals surface area contributed by atoms with E-state index in [0.29, 0.717) is 5.71 Å². The average molecular weight is 420 g/mol. The highest BCUT2D eigenvalue weighted by Gasteiger charge is 2.46. The monoisotopic (exact) mass is 420 g/mol. The molecule has 2 unspecified atom stereocenters. The maximum atomic E-state index is 12.8. The fraction of sp³-hybridized carbons (Fsp3) is 0.450. The number of carbonyl (C=O) groups excluding carboxylic acids is 2. The predicted octanol–water partition coefficient (Wildman–Crippen LogP) is 2.38. The average Bonchev–Trinajstić information content (AvgIpc) is 2.73. The maximum absolute atomic E-state index is 12.8. The third-order valence-corrected chi connectivity index (χ3v) is 4.73. The van der Waals surface area contributed by atoms with Crippen LogP contribution in [-0.4, -0.2) is 56.8 Å². The van der Waals surface area contributed by atoms with E-state index in [1.165, 1.54) is 39.5 Å². The molecule has 0 N–H and O–H groups in total. The number of nitro groups is 1. The highest BCUT2D eigenvalue weighted by atomic mass is 16.7. The molecule has 0 saturated carbocycles. The SMILES string of the molecule is CCOC(=O)C1C(C)=NC(C(OC)OC)=C(C(=O)OC)C1c1ccccc1[N+](=O)[O-]. The number of carbonyl (C=O) groups is 2. The molecule has 0 aliphatic carbocycles. The zero-order valence-electron chi connectivity index (χ0n) is 17.4. The lowest BCUT2D eigenvalue weighted by atomic mass is 9.75. The molecule has 0 bridgehead atoms. The largest absolute Gasteiger partial charge is 0.466 e. The van der Waals surface area contributed by atoms with E-state index in [2.05, 4.69) is 4.99 Å². The Labute approximate surface area is 173 Å². The second kappa shape index (κ2) is 10.1. The molecule has 2 rings (SSSR count). The molecule has 0 spiro atoms. The van der Waals surface area contributed by atoms with Gasteiger partial charge in [0.25, 0.3) is 5.69 Å². The maximum Gasteiger partial charge on any atom is 0.336 e. The van der Waals surface area contributed by atoms with E-state index < -0.39 is 35.0 Å². The first-order chi connectivity index (χ1) is 14.3. The van der Waals surface area contributed by atoms with Gasteiger partial charge in [-0.05, 0) is 13.8 Å². The molecule has 1 aromatic rings. The van der Waals surface area contributed by atoms with Gasteiger partial charge in [-0.2, -0.15) is 0 Å². The van der Waals surface area contributed by atoms with E-state index in [4.69, 9.17) is 18.9 Å². The van der Waals surface area contributed by atoms with Gasteiger partial charge in [-0.25, -0.2) is 4.79 Å². The molecule has 2 atom stereocenters. The van der Waals surface area contributed by atoms with E-state index in [-0.39, 0.29) is 29.1 Å². The molecule has 1 aromatic carbocycles. The number of hydrogen-bond donors (Lipinski definition) is 0. The molecule has 0 aromatic heterocycles. The van der Waals surface area contributed by atoms with Gasteiger partial charge in [-0.3, -0.25) is 19.9 Å². The number of methoxy groups -OCH3 is 3. The van der Waals surface area contributed by atoms with Crippen LogP contribution in [0.25, 0.3) is 0 Å². The number of hydrogen-bond acceptors (Lipinski definition) is 9. The van der Waals surface area contributed by atoms with Crippen molar-refractivity contribution in [2.45, 2.75) is 26.1 Å². The van der Waals surface area contributed by atoms with Gasteiger partial charge in [0, 0.05) is 37.5 Å². The lowest BCUT2D eigenvalue weighted by Gasteiger charge is -2.33. The lowest BCUT2D eigenvalue weighted by Crippen LogP contribution is -2.39. The van der Waals surface area contributed by atoms with Crippen molar-refractivity contribution < 1.29 is 33.5 Å². The van der Waals surface area contributed by atoms with Gasteiger partial charge in [0.05, 0.1) is 24.2 Å². The predicted molar refractivity (Wildman–Crippen MR) is 106 cm³/mol. The second-order valence-corrected chi connectivity index (χ2v) is 6.37. The zero-order chi connectivity index (χ0) is 22.4. The Hall–Kier alpha value is -3.11. The minimum atomic E-state index is -1.08. The van der Waals surface area contributed by atoms with Gasteiger partial charge in [0.15, 0.2) is 0 Å². The van der Waals surface area contributed by atoms with E-state index >= 15 is 0 Å². The number of rotatable bonds is 8. The first-order valence-electron chi connectivity index (χ1n) is 9.15. The molecular weight excluding hydrogens is 396 g/mol. The van der Waals surface area contributed by atoms with Gasteiger partial charge >= 0.3 is 11.9 Å². The summed E-state index contributed by atoms with van der Waals surface area (Å²) in [6, 6.07) is 5.88. The van der Waals surface area contributed by atoms with Crippen molar-refractivity contribution in [2.75, 3.05) is 27.9 Å². The third-order valence-electron chi connectivity index (χ3n) is 4.73. The molecule has 10 nitrogen and oxygen atoms in total. The van der Waals surface area contributed by atoms with Crippen LogP contribution in [0.15, 0.2) is 40.5 Å². The van der Waals surface area contributed by atoms with Gasteiger partial charge in [-0.15, -0.1) is 0 Å². The van der Waals surface area contributed by atoms with Gasteiger partial charge in [0.2, 0.25) is 6.29 Å². The summed E-state index contributed by atoms with van der Waals surface area (Å²) in [5.74, 6) is -3.62. The van der Waals surface area contributed by atoms with Crippen LogP contribution in [0.1, 0.15) is 25.3 Å². The van der Waals surface area contributed by atoms with Crippen molar-refractivity contribution in [1.29, 1.82) is 0 Å². The number of esters is 2. The Balaban J connectivity index is 2.89. The first kappa shape index (κ1) is 23.2. The number of nitro benzene ring substituents is 1. The summed E-state index contributed by atoms with van der Waals surface area (Å²) in [6.07, 6.45) is -1.05. The van der Waals surface area contributed by atoms with Crippen LogP contribution in [0.5, 0.6) is 0 Å². The second-order valence-electron chi connectivity index (χ2n) is 6.37. The summed E-state index contributed by atoms with van der Waals surface area (Å²) in [6.45, 7) is 3.32. The molecule has 1 aliphatic rings. The molecule has 0 saturated heterocycles. The molecule has 162 valence electrons.